The summed E-state index contributed by atoms with van der Waals surface area (Å²) < 4.78 is 0. The zero-order valence-corrected chi connectivity index (χ0v) is 9.17. The number of thiophene rings is 1. The van der Waals surface area contributed by atoms with Crippen LogP contribution in [-0.4, -0.2) is 29.2 Å². The molecule has 1 aliphatic heterocycles. The summed E-state index contributed by atoms with van der Waals surface area (Å²) in [6.07, 6.45) is 3.70. The van der Waals surface area contributed by atoms with Crippen LogP contribution in [0.15, 0.2) is 17.5 Å². The fourth-order valence-electron chi connectivity index (χ4n) is 2.08. The zero-order valence-electron chi connectivity index (χ0n) is 8.35. The van der Waals surface area contributed by atoms with Crippen LogP contribution in [0.25, 0.3) is 0 Å². The van der Waals surface area contributed by atoms with Gasteiger partial charge in [0.2, 0.25) is 0 Å². The van der Waals surface area contributed by atoms with E-state index in [-0.39, 0.29) is 0 Å². The maximum absolute atomic E-state index is 9.25. The summed E-state index contributed by atoms with van der Waals surface area (Å²) in [7, 11) is 0. The van der Waals surface area contributed by atoms with E-state index in [9.17, 15) is 5.11 Å². The molecular weight excluding hydrogens is 194 g/mol. The van der Waals surface area contributed by atoms with Crippen molar-refractivity contribution < 1.29 is 5.11 Å². The molecule has 0 radical (unpaired) electrons. The van der Waals surface area contributed by atoms with E-state index in [0.29, 0.717) is 12.6 Å². The molecule has 1 aromatic heterocycles. The first kappa shape index (κ1) is 10.1. The van der Waals surface area contributed by atoms with Crippen molar-refractivity contribution in [1.82, 2.24) is 4.90 Å². The van der Waals surface area contributed by atoms with Gasteiger partial charge in [0.1, 0.15) is 0 Å². The highest BCUT2D eigenvalue weighted by molar-refractivity contribution is 7.09. The van der Waals surface area contributed by atoms with Gasteiger partial charge in [-0.2, -0.15) is 0 Å². The van der Waals surface area contributed by atoms with Gasteiger partial charge in [-0.1, -0.05) is 12.5 Å². The number of aliphatic hydroxyl groups is 1. The van der Waals surface area contributed by atoms with E-state index in [1.54, 1.807) is 11.3 Å². The highest BCUT2D eigenvalue weighted by Gasteiger charge is 2.21. The summed E-state index contributed by atoms with van der Waals surface area (Å²) in [4.78, 5) is 3.82. The number of piperidine rings is 1. The third-order valence-corrected chi connectivity index (χ3v) is 3.76. The van der Waals surface area contributed by atoms with Gasteiger partial charge >= 0.3 is 0 Å². The quantitative estimate of drug-likeness (QED) is 0.827. The molecule has 3 heteroatoms. The molecule has 1 saturated heterocycles. The minimum absolute atomic E-state index is 0.311. The smallest absolute Gasteiger partial charge is 0.0587 e. The molecule has 2 nitrogen and oxygen atoms in total. The van der Waals surface area contributed by atoms with Crippen molar-refractivity contribution in [3.8, 4) is 0 Å². The molecule has 0 spiro atoms. The molecule has 2 rings (SSSR count). The number of rotatable bonds is 3. The Hall–Kier alpha value is -0.380. The molecule has 14 heavy (non-hydrogen) atoms. The zero-order chi connectivity index (χ0) is 9.80. The Morgan fingerprint density at radius 2 is 2.43 bits per heavy atom. The van der Waals surface area contributed by atoms with E-state index in [1.165, 1.54) is 17.7 Å². The average molecular weight is 211 g/mol. The third-order valence-electron chi connectivity index (χ3n) is 2.90. The minimum atomic E-state index is 0.311. The van der Waals surface area contributed by atoms with E-state index in [0.717, 1.165) is 19.5 Å². The summed E-state index contributed by atoms with van der Waals surface area (Å²) in [5, 5.41) is 11.4. The second kappa shape index (κ2) is 4.91. The van der Waals surface area contributed by atoms with Crippen molar-refractivity contribution in [3.05, 3.63) is 22.4 Å². The number of nitrogens with zero attached hydrogens (tertiary/aromatic N) is 1. The normalized spacial score (nSPS) is 23.9. The Bertz CT molecular complexity index is 260. The lowest BCUT2D eigenvalue weighted by atomic mass is 10.0. The number of aliphatic hydroxyl groups excluding tert-OH is 1. The van der Waals surface area contributed by atoms with E-state index in [4.69, 9.17) is 0 Å². The lowest BCUT2D eigenvalue weighted by Crippen LogP contribution is -2.40. The van der Waals surface area contributed by atoms with Gasteiger partial charge in [0, 0.05) is 17.5 Å². The highest BCUT2D eigenvalue weighted by atomic mass is 32.1. The molecule has 0 bridgehead atoms. The van der Waals surface area contributed by atoms with Crippen LogP contribution in [0.4, 0.5) is 0 Å². The monoisotopic (exact) mass is 211 g/mol. The van der Waals surface area contributed by atoms with E-state index >= 15 is 0 Å². The Morgan fingerprint density at radius 1 is 1.50 bits per heavy atom. The van der Waals surface area contributed by atoms with Crippen LogP contribution in [0.1, 0.15) is 24.1 Å². The summed E-state index contributed by atoms with van der Waals surface area (Å²) in [5.41, 5.74) is 0. The molecule has 0 saturated carbocycles. The molecule has 78 valence electrons. The maximum Gasteiger partial charge on any atom is 0.0587 e. The molecule has 0 amide bonds. The number of likely N-dealkylation sites (tertiary alicyclic amines) is 1. The third kappa shape index (κ3) is 2.35. The van der Waals surface area contributed by atoms with Crippen molar-refractivity contribution in [2.24, 2.45) is 0 Å². The van der Waals surface area contributed by atoms with Crippen LogP contribution in [0, 0.1) is 0 Å². The van der Waals surface area contributed by atoms with E-state index in [1.807, 2.05) is 0 Å². The van der Waals surface area contributed by atoms with Crippen molar-refractivity contribution in [1.29, 1.82) is 0 Å². The Balaban J connectivity index is 1.94. The van der Waals surface area contributed by atoms with Gasteiger partial charge in [0.15, 0.2) is 0 Å². The Morgan fingerprint density at radius 3 is 3.14 bits per heavy atom. The topological polar surface area (TPSA) is 23.5 Å². The standard InChI is InChI=1S/C11H17NOS/c13-9-10-4-1-2-6-12(10)8-11-5-3-7-14-11/h3,5,7,10,13H,1-2,4,6,8-9H2. The highest BCUT2D eigenvalue weighted by Crippen LogP contribution is 2.20. The molecule has 1 fully saturated rings. The van der Waals surface area contributed by atoms with Crippen LogP contribution < -0.4 is 0 Å². The minimum Gasteiger partial charge on any atom is -0.395 e. The van der Waals surface area contributed by atoms with Crippen LogP contribution in [0.3, 0.4) is 0 Å². The molecule has 0 aliphatic carbocycles. The first-order chi connectivity index (χ1) is 6.90. The summed E-state index contributed by atoms with van der Waals surface area (Å²) in [6.45, 7) is 2.47. The van der Waals surface area contributed by atoms with E-state index in [2.05, 4.69) is 22.4 Å². The van der Waals surface area contributed by atoms with Crippen LogP contribution in [0.5, 0.6) is 0 Å². The van der Waals surface area contributed by atoms with Crippen molar-refractivity contribution in [2.75, 3.05) is 13.2 Å². The first-order valence-electron chi connectivity index (χ1n) is 5.27. The van der Waals surface area contributed by atoms with Gasteiger partial charge in [-0.3, -0.25) is 4.90 Å². The maximum atomic E-state index is 9.25. The van der Waals surface area contributed by atoms with Gasteiger partial charge in [-0.05, 0) is 30.8 Å². The SMILES string of the molecule is OCC1CCCCN1Cc1cccs1. The Labute approximate surface area is 89.2 Å². The number of hydrogen-bond acceptors (Lipinski definition) is 3. The van der Waals surface area contributed by atoms with Gasteiger partial charge in [-0.25, -0.2) is 0 Å². The lowest BCUT2D eigenvalue weighted by Gasteiger charge is -2.34. The Kier molecular flexibility index (Phi) is 3.56. The van der Waals surface area contributed by atoms with Crippen molar-refractivity contribution >= 4 is 11.3 Å². The molecule has 1 aromatic rings. The first-order valence-corrected chi connectivity index (χ1v) is 6.15. The van der Waals surface area contributed by atoms with Gasteiger partial charge < -0.3 is 5.11 Å². The van der Waals surface area contributed by atoms with Gasteiger partial charge in [-0.15, -0.1) is 11.3 Å². The molecule has 1 unspecified atom stereocenters. The van der Waals surface area contributed by atoms with Crippen molar-refractivity contribution in [2.45, 2.75) is 31.8 Å². The predicted molar refractivity (Wildman–Crippen MR) is 59.5 cm³/mol. The van der Waals surface area contributed by atoms with Gasteiger partial charge in [0.05, 0.1) is 6.61 Å². The van der Waals surface area contributed by atoms with Gasteiger partial charge in [0.25, 0.3) is 0 Å². The van der Waals surface area contributed by atoms with Crippen LogP contribution in [-0.2, 0) is 6.54 Å². The second-order valence-corrected chi connectivity index (χ2v) is 4.91. The molecular formula is C11H17NOS. The average Bonchev–Trinajstić information content (AvgIpc) is 2.71. The van der Waals surface area contributed by atoms with Crippen molar-refractivity contribution in [3.63, 3.8) is 0 Å². The summed E-state index contributed by atoms with van der Waals surface area (Å²) >= 11 is 1.81. The molecule has 2 heterocycles. The van der Waals surface area contributed by atoms with E-state index < -0.39 is 0 Å². The largest absolute Gasteiger partial charge is 0.395 e. The molecule has 0 aromatic carbocycles. The fourth-order valence-corrected chi connectivity index (χ4v) is 2.81. The lowest BCUT2D eigenvalue weighted by molar-refractivity contribution is 0.0850. The summed E-state index contributed by atoms with van der Waals surface area (Å²) in [6, 6.07) is 4.66. The predicted octanol–water partition coefficient (Wildman–Crippen LogP) is 2.09. The summed E-state index contributed by atoms with van der Waals surface area (Å²) in [5.74, 6) is 0. The molecule has 1 aliphatic rings. The second-order valence-electron chi connectivity index (χ2n) is 3.88. The molecule has 1 atom stereocenters. The van der Waals surface area contributed by atoms with Crippen LogP contribution >= 0.6 is 11.3 Å². The van der Waals surface area contributed by atoms with Crippen LogP contribution in [0.2, 0.25) is 0 Å². The number of hydrogen-bond donors (Lipinski definition) is 1. The molecule has 1 N–H and O–H groups in total. The fraction of sp³-hybridized carbons (Fsp3) is 0.636.